The number of thioether (sulfide) groups is 1. The van der Waals surface area contributed by atoms with Crippen molar-refractivity contribution in [2.75, 3.05) is 26.8 Å². The molecule has 182 valence electrons. The Balaban J connectivity index is 1.36. The third kappa shape index (κ3) is 5.24. The van der Waals surface area contributed by atoms with Crippen LogP contribution in [-0.4, -0.2) is 53.3 Å². The number of aromatic nitrogens is 1. The monoisotopic (exact) mass is 497 g/mol. The molecule has 3 amide bonds. The smallest absolute Gasteiger partial charge is 0.420 e. The molecule has 1 fully saturated rings. The summed E-state index contributed by atoms with van der Waals surface area (Å²) in [5.41, 5.74) is 1.58. The molecule has 0 spiro atoms. The molecule has 0 aliphatic carbocycles. The molecule has 1 saturated heterocycles. The Bertz CT molecular complexity index is 1370. The number of imide groups is 1. The van der Waals surface area contributed by atoms with Crippen molar-refractivity contribution in [3.8, 4) is 11.5 Å². The molecule has 4 rings (SSSR count). The number of amides is 3. The summed E-state index contributed by atoms with van der Waals surface area (Å²) >= 11 is 0.826. The van der Waals surface area contributed by atoms with Gasteiger partial charge in [0.15, 0.2) is 17.1 Å². The van der Waals surface area contributed by atoms with Crippen molar-refractivity contribution in [3.63, 3.8) is 0 Å². The summed E-state index contributed by atoms with van der Waals surface area (Å²) in [7, 11) is 1.52. The van der Waals surface area contributed by atoms with Crippen LogP contribution >= 0.6 is 11.8 Å². The van der Waals surface area contributed by atoms with Crippen LogP contribution in [0.25, 0.3) is 17.2 Å². The van der Waals surface area contributed by atoms with E-state index in [-0.39, 0.29) is 24.5 Å². The highest BCUT2D eigenvalue weighted by atomic mass is 32.2. The number of oxazole rings is 1. The van der Waals surface area contributed by atoms with Gasteiger partial charge in [-0.3, -0.25) is 23.9 Å². The predicted octanol–water partition coefficient (Wildman–Crippen LogP) is 2.85. The van der Waals surface area contributed by atoms with Crippen LogP contribution in [-0.2, 0) is 16.1 Å². The lowest BCUT2D eigenvalue weighted by Crippen LogP contribution is -2.39. The fourth-order valence-electron chi connectivity index (χ4n) is 3.56. The van der Waals surface area contributed by atoms with E-state index in [1.54, 1.807) is 48.5 Å². The number of carbonyl (C=O) groups is 3. The Kier molecular flexibility index (Phi) is 7.25. The number of methoxy groups -OCH3 is 1. The van der Waals surface area contributed by atoms with Gasteiger partial charge in [0.25, 0.3) is 11.1 Å². The topological polar surface area (TPSA) is 120 Å². The Hall–Kier alpha value is -3.99. The first-order valence-electron chi connectivity index (χ1n) is 10.8. The summed E-state index contributed by atoms with van der Waals surface area (Å²) < 4.78 is 17.2. The zero-order valence-electron chi connectivity index (χ0n) is 19.1. The van der Waals surface area contributed by atoms with Gasteiger partial charge >= 0.3 is 5.76 Å². The van der Waals surface area contributed by atoms with Gasteiger partial charge < -0.3 is 19.2 Å². The lowest BCUT2D eigenvalue weighted by Gasteiger charge is -2.13. The third-order valence-electron chi connectivity index (χ3n) is 5.19. The van der Waals surface area contributed by atoms with Crippen molar-refractivity contribution < 1.29 is 28.3 Å². The number of hydrogen-bond donors (Lipinski definition) is 1. The molecule has 1 N–H and O–H groups in total. The van der Waals surface area contributed by atoms with Crippen molar-refractivity contribution in [1.29, 1.82) is 0 Å². The minimum Gasteiger partial charge on any atom is -0.493 e. The highest BCUT2D eigenvalue weighted by Gasteiger charge is 2.34. The van der Waals surface area contributed by atoms with E-state index in [9.17, 15) is 19.2 Å². The van der Waals surface area contributed by atoms with Gasteiger partial charge in [-0.25, -0.2) is 4.79 Å². The Morgan fingerprint density at radius 3 is 2.71 bits per heavy atom. The van der Waals surface area contributed by atoms with E-state index in [0.29, 0.717) is 34.8 Å². The van der Waals surface area contributed by atoms with E-state index >= 15 is 0 Å². The molecule has 0 atom stereocenters. The highest BCUT2D eigenvalue weighted by molar-refractivity contribution is 8.18. The van der Waals surface area contributed by atoms with E-state index in [2.05, 4.69) is 5.32 Å². The first-order valence-corrected chi connectivity index (χ1v) is 11.6. The number of para-hydroxylation sites is 2. The molecule has 3 aromatic rings. The molecule has 1 aromatic heterocycles. The minimum atomic E-state index is -0.636. The number of nitrogens with zero attached hydrogens (tertiary/aromatic N) is 2. The first-order chi connectivity index (χ1) is 16.9. The van der Waals surface area contributed by atoms with E-state index < -0.39 is 22.8 Å². The average Bonchev–Trinajstić information content (AvgIpc) is 3.30. The van der Waals surface area contributed by atoms with Crippen LogP contribution in [0.2, 0.25) is 0 Å². The summed E-state index contributed by atoms with van der Waals surface area (Å²) in [5.74, 6) is -0.418. The second kappa shape index (κ2) is 10.5. The Morgan fingerprint density at radius 2 is 1.94 bits per heavy atom. The van der Waals surface area contributed by atoms with Crippen LogP contribution < -0.4 is 20.5 Å². The molecule has 2 heterocycles. The maximum atomic E-state index is 12.8. The van der Waals surface area contributed by atoms with Crippen LogP contribution in [0, 0.1) is 0 Å². The second-order valence-corrected chi connectivity index (χ2v) is 8.44. The lowest BCUT2D eigenvalue weighted by atomic mass is 10.2. The standard InChI is InChI=1S/C24H23N3O7S/c1-3-33-18-9-8-15(12-19(18)32-2)13-20-22(29)26(24(31)35-20)11-10-25-21(28)14-27-16-6-4-5-7-17(16)34-23(27)30/h4-9,12-13H,3,10-11,14H2,1-2H3,(H,25,28). The summed E-state index contributed by atoms with van der Waals surface area (Å²) in [6, 6.07) is 12.0. The molecule has 0 unspecified atom stereocenters. The van der Waals surface area contributed by atoms with E-state index in [1.165, 1.54) is 11.7 Å². The first kappa shape index (κ1) is 24.1. The van der Waals surface area contributed by atoms with E-state index in [0.717, 1.165) is 16.7 Å². The molecular weight excluding hydrogens is 474 g/mol. The van der Waals surface area contributed by atoms with Crippen molar-refractivity contribution in [3.05, 3.63) is 63.5 Å². The van der Waals surface area contributed by atoms with Gasteiger partial charge in [-0.2, -0.15) is 0 Å². The van der Waals surface area contributed by atoms with Gasteiger partial charge in [-0.05, 0) is 54.6 Å². The summed E-state index contributed by atoms with van der Waals surface area (Å²) in [6.45, 7) is 2.16. The molecule has 0 bridgehead atoms. The molecule has 10 nitrogen and oxygen atoms in total. The minimum absolute atomic E-state index is 0.00137. The van der Waals surface area contributed by atoms with Crippen molar-refractivity contribution >= 4 is 46.0 Å². The lowest BCUT2D eigenvalue weighted by molar-refractivity contribution is -0.124. The molecule has 11 heteroatoms. The van der Waals surface area contributed by atoms with Gasteiger partial charge in [0.2, 0.25) is 5.91 Å². The fourth-order valence-corrected chi connectivity index (χ4v) is 4.43. The van der Waals surface area contributed by atoms with Crippen molar-refractivity contribution in [2.24, 2.45) is 0 Å². The van der Waals surface area contributed by atoms with Crippen LogP contribution in [0.15, 0.2) is 56.6 Å². The number of rotatable bonds is 9. The predicted molar refractivity (Wildman–Crippen MR) is 130 cm³/mol. The van der Waals surface area contributed by atoms with Crippen molar-refractivity contribution in [1.82, 2.24) is 14.8 Å². The summed E-state index contributed by atoms with van der Waals surface area (Å²) in [5, 5.41) is 2.21. The Morgan fingerprint density at radius 1 is 1.14 bits per heavy atom. The van der Waals surface area contributed by atoms with E-state index in [1.807, 2.05) is 6.92 Å². The molecular formula is C24H23N3O7S. The largest absolute Gasteiger partial charge is 0.493 e. The molecule has 1 aliphatic heterocycles. The van der Waals surface area contributed by atoms with Crippen LogP contribution in [0.3, 0.4) is 0 Å². The Labute approximate surface area is 204 Å². The molecule has 2 aromatic carbocycles. The number of fused-ring (bicyclic) bond motifs is 1. The van der Waals surface area contributed by atoms with Crippen LogP contribution in [0.1, 0.15) is 12.5 Å². The normalized spacial score (nSPS) is 14.7. The maximum absolute atomic E-state index is 12.8. The SMILES string of the molecule is CCOc1ccc(C=C2SC(=O)N(CCNC(=O)Cn3c(=O)oc4ccccc43)C2=O)cc1OC. The molecule has 35 heavy (non-hydrogen) atoms. The number of benzene rings is 2. The second-order valence-electron chi connectivity index (χ2n) is 7.45. The van der Waals surface area contributed by atoms with E-state index in [4.69, 9.17) is 13.9 Å². The molecule has 0 saturated carbocycles. The van der Waals surface area contributed by atoms with Gasteiger partial charge in [-0.15, -0.1) is 0 Å². The zero-order valence-corrected chi connectivity index (χ0v) is 19.9. The third-order valence-corrected chi connectivity index (χ3v) is 6.10. The van der Waals surface area contributed by atoms with Gasteiger partial charge in [-0.1, -0.05) is 18.2 Å². The fraction of sp³-hybridized carbons (Fsp3) is 0.250. The molecule has 1 aliphatic rings. The van der Waals surface area contributed by atoms with Gasteiger partial charge in [0, 0.05) is 13.1 Å². The zero-order chi connectivity index (χ0) is 24.9. The number of hydrogen-bond acceptors (Lipinski definition) is 8. The van der Waals surface area contributed by atoms with Gasteiger partial charge in [0.1, 0.15) is 6.54 Å². The average molecular weight is 498 g/mol. The van der Waals surface area contributed by atoms with Gasteiger partial charge in [0.05, 0.1) is 24.1 Å². The quantitative estimate of drug-likeness (QED) is 0.448. The summed E-state index contributed by atoms with van der Waals surface area (Å²) in [6.07, 6.45) is 1.61. The van der Waals surface area contributed by atoms with Crippen LogP contribution in [0.4, 0.5) is 4.79 Å². The highest BCUT2D eigenvalue weighted by Crippen LogP contribution is 2.34. The summed E-state index contributed by atoms with van der Waals surface area (Å²) in [4.78, 5) is 50.8. The number of nitrogens with one attached hydrogen (secondary N) is 1. The van der Waals surface area contributed by atoms with Crippen molar-refractivity contribution in [2.45, 2.75) is 13.5 Å². The number of ether oxygens (including phenoxy) is 2. The maximum Gasteiger partial charge on any atom is 0.420 e. The van der Waals surface area contributed by atoms with Crippen LogP contribution in [0.5, 0.6) is 11.5 Å². The molecule has 0 radical (unpaired) electrons. The number of carbonyl (C=O) groups excluding carboxylic acids is 3.